The molecule has 11 aromatic carbocycles. The second-order valence-electron chi connectivity index (χ2n) is 15.7. The van der Waals surface area contributed by atoms with Gasteiger partial charge in [0, 0.05) is 16.9 Å². The minimum Gasteiger partial charge on any atom is -0.310 e. The molecule has 11 rings (SSSR count). The van der Waals surface area contributed by atoms with E-state index in [-0.39, 0.29) is 0 Å². The van der Waals surface area contributed by atoms with E-state index in [0.29, 0.717) is 0 Å². The van der Waals surface area contributed by atoms with Crippen molar-refractivity contribution in [2.75, 3.05) is 4.90 Å². The molecule has 0 spiro atoms. The van der Waals surface area contributed by atoms with Crippen molar-refractivity contribution in [3.63, 3.8) is 0 Å². The average molecular weight is 776 g/mol. The topological polar surface area (TPSA) is 3.24 Å². The molecule has 0 unspecified atom stereocenters. The van der Waals surface area contributed by atoms with E-state index in [1.165, 1.54) is 88.0 Å². The van der Waals surface area contributed by atoms with E-state index in [4.69, 9.17) is 0 Å². The van der Waals surface area contributed by atoms with E-state index >= 15 is 0 Å². The van der Waals surface area contributed by atoms with Gasteiger partial charge in [-0.05, 0) is 119 Å². The summed E-state index contributed by atoms with van der Waals surface area (Å²) in [6.07, 6.45) is 0. The van der Waals surface area contributed by atoms with Gasteiger partial charge in [0.1, 0.15) is 0 Å². The molecule has 61 heavy (non-hydrogen) atoms. The van der Waals surface area contributed by atoms with Crippen LogP contribution in [0.3, 0.4) is 0 Å². The van der Waals surface area contributed by atoms with Crippen LogP contribution >= 0.6 is 0 Å². The molecule has 0 fully saturated rings. The molecule has 1 nitrogen and oxygen atoms in total. The molecular weight excluding hydrogens is 735 g/mol. The lowest BCUT2D eigenvalue weighted by Gasteiger charge is -2.30. The normalized spacial score (nSPS) is 11.3. The number of fused-ring (bicyclic) bond motifs is 3. The van der Waals surface area contributed by atoms with Crippen molar-refractivity contribution >= 4 is 49.4 Å². The predicted octanol–water partition coefficient (Wildman–Crippen LogP) is 17.0. The number of hydrogen-bond acceptors (Lipinski definition) is 1. The van der Waals surface area contributed by atoms with Gasteiger partial charge >= 0.3 is 0 Å². The SMILES string of the molecule is c1ccc(-c2ccc(N(c3ccc(-c4cccc5cccc(-c6ccccc6)c45)cc3)c3cccc(-c4cccc5ccccc45)c3-c3ccc4ccccc4c3)cc2)cc1. The lowest BCUT2D eigenvalue weighted by molar-refractivity contribution is 1.28. The fraction of sp³-hybridized carbons (Fsp3) is 0. The van der Waals surface area contributed by atoms with Gasteiger partial charge in [-0.3, -0.25) is 0 Å². The molecule has 286 valence electrons. The van der Waals surface area contributed by atoms with Crippen LogP contribution in [0.4, 0.5) is 17.1 Å². The van der Waals surface area contributed by atoms with E-state index in [1.54, 1.807) is 0 Å². The lowest BCUT2D eigenvalue weighted by atomic mass is 9.88. The number of rotatable bonds is 8. The fourth-order valence-electron chi connectivity index (χ4n) is 9.15. The Balaban J connectivity index is 1.13. The van der Waals surface area contributed by atoms with Crippen molar-refractivity contribution in [3.05, 3.63) is 249 Å². The summed E-state index contributed by atoms with van der Waals surface area (Å²) in [6.45, 7) is 0. The van der Waals surface area contributed by atoms with Crippen LogP contribution in [0.25, 0.3) is 88.0 Å². The smallest absolute Gasteiger partial charge is 0.0546 e. The third kappa shape index (κ3) is 6.73. The summed E-state index contributed by atoms with van der Waals surface area (Å²) >= 11 is 0. The Bertz CT molecular complexity index is 3320. The highest BCUT2D eigenvalue weighted by Crippen LogP contribution is 2.48. The van der Waals surface area contributed by atoms with Crippen molar-refractivity contribution in [2.45, 2.75) is 0 Å². The van der Waals surface area contributed by atoms with Crippen LogP contribution in [0.1, 0.15) is 0 Å². The van der Waals surface area contributed by atoms with E-state index in [1.807, 2.05) is 0 Å². The molecule has 0 saturated carbocycles. The Labute approximate surface area is 357 Å². The Kier molecular flexibility index (Phi) is 9.26. The minimum absolute atomic E-state index is 1.08. The van der Waals surface area contributed by atoms with Crippen LogP contribution < -0.4 is 4.90 Å². The number of anilines is 3. The van der Waals surface area contributed by atoms with Crippen molar-refractivity contribution in [1.82, 2.24) is 0 Å². The van der Waals surface area contributed by atoms with Crippen LogP contribution in [0.15, 0.2) is 249 Å². The molecule has 0 aliphatic rings. The summed E-state index contributed by atoms with van der Waals surface area (Å²) in [7, 11) is 0. The standard InChI is InChI=1S/C60H41N/c1-3-15-42(16-4-1)44-33-37-51(38-34-44)61(52-39-35-47(36-40-52)55-27-13-24-48-23-12-26-54(59(48)55)46-18-5-2-6-19-46)58-30-14-29-57(56-28-11-22-45-20-9-10-25-53(45)56)60(58)50-32-31-43-17-7-8-21-49(43)41-50/h1-41H. The van der Waals surface area contributed by atoms with Gasteiger partial charge in [-0.1, -0.05) is 212 Å². The fourth-order valence-corrected chi connectivity index (χ4v) is 9.15. The summed E-state index contributed by atoms with van der Waals surface area (Å²) in [5.41, 5.74) is 15.3. The van der Waals surface area contributed by atoms with Crippen LogP contribution in [0, 0.1) is 0 Å². The molecule has 0 aliphatic heterocycles. The Morgan fingerprint density at radius 3 is 1.39 bits per heavy atom. The maximum absolute atomic E-state index is 2.44. The third-order valence-electron chi connectivity index (χ3n) is 12.1. The van der Waals surface area contributed by atoms with Crippen LogP contribution in [-0.4, -0.2) is 0 Å². The van der Waals surface area contributed by atoms with Gasteiger partial charge in [0.15, 0.2) is 0 Å². The van der Waals surface area contributed by atoms with Gasteiger partial charge in [-0.25, -0.2) is 0 Å². The first-order chi connectivity index (χ1) is 30.3. The highest BCUT2D eigenvalue weighted by Gasteiger charge is 2.22. The van der Waals surface area contributed by atoms with Gasteiger partial charge < -0.3 is 4.90 Å². The number of hydrogen-bond donors (Lipinski definition) is 0. The van der Waals surface area contributed by atoms with Crippen LogP contribution in [0.2, 0.25) is 0 Å². The number of benzene rings is 11. The number of nitrogens with zero attached hydrogens (tertiary/aromatic N) is 1. The van der Waals surface area contributed by atoms with Crippen molar-refractivity contribution in [1.29, 1.82) is 0 Å². The van der Waals surface area contributed by atoms with Gasteiger partial charge in [0.2, 0.25) is 0 Å². The lowest BCUT2D eigenvalue weighted by Crippen LogP contribution is -2.12. The Morgan fingerprint density at radius 1 is 0.246 bits per heavy atom. The molecule has 0 heterocycles. The zero-order valence-corrected chi connectivity index (χ0v) is 33.6. The summed E-state index contributed by atoms with van der Waals surface area (Å²) in [5, 5.41) is 7.39. The summed E-state index contributed by atoms with van der Waals surface area (Å²) in [5.74, 6) is 0. The molecule has 0 aromatic heterocycles. The molecule has 0 N–H and O–H groups in total. The molecule has 11 aromatic rings. The van der Waals surface area contributed by atoms with Gasteiger partial charge in [-0.15, -0.1) is 0 Å². The Morgan fingerprint density at radius 2 is 0.705 bits per heavy atom. The molecular formula is C60H41N. The Hall–Kier alpha value is -8.00. The molecule has 0 bridgehead atoms. The monoisotopic (exact) mass is 775 g/mol. The largest absolute Gasteiger partial charge is 0.310 e. The highest BCUT2D eigenvalue weighted by atomic mass is 15.1. The summed E-state index contributed by atoms with van der Waals surface area (Å²) in [6, 6.07) is 90.6. The van der Waals surface area contributed by atoms with Gasteiger partial charge in [0.05, 0.1) is 5.69 Å². The zero-order chi connectivity index (χ0) is 40.5. The highest BCUT2D eigenvalue weighted by molar-refractivity contribution is 6.08. The summed E-state index contributed by atoms with van der Waals surface area (Å²) < 4.78 is 0. The first kappa shape index (κ1) is 36.1. The molecule has 0 amide bonds. The van der Waals surface area contributed by atoms with Crippen LogP contribution in [-0.2, 0) is 0 Å². The summed E-state index contributed by atoms with van der Waals surface area (Å²) in [4.78, 5) is 2.44. The van der Waals surface area contributed by atoms with E-state index in [2.05, 4.69) is 254 Å². The van der Waals surface area contributed by atoms with Crippen LogP contribution in [0.5, 0.6) is 0 Å². The van der Waals surface area contributed by atoms with Gasteiger partial charge in [-0.2, -0.15) is 0 Å². The second kappa shape index (κ2) is 15.6. The van der Waals surface area contributed by atoms with E-state index in [0.717, 1.165) is 17.1 Å². The molecule has 1 heteroatoms. The predicted molar refractivity (Wildman–Crippen MR) is 261 cm³/mol. The molecule has 0 saturated heterocycles. The quantitative estimate of drug-likeness (QED) is 0.149. The van der Waals surface area contributed by atoms with Crippen molar-refractivity contribution in [3.8, 4) is 55.6 Å². The average Bonchev–Trinajstić information content (AvgIpc) is 3.34. The first-order valence-corrected chi connectivity index (χ1v) is 21.0. The maximum atomic E-state index is 2.44. The molecule has 0 atom stereocenters. The maximum Gasteiger partial charge on any atom is 0.0546 e. The van der Waals surface area contributed by atoms with E-state index < -0.39 is 0 Å². The molecule has 0 aliphatic carbocycles. The zero-order valence-electron chi connectivity index (χ0n) is 33.6. The van der Waals surface area contributed by atoms with Crippen molar-refractivity contribution in [2.24, 2.45) is 0 Å². The van der Waals surface area contributed by atoms with E-state index in [9.17, 15) is 0 Å². The molecule has 0 radical (unpaired) electrons. The third-order valence-corrected chi connectivity index (χ3v) is 12.1. The van der Waals surface area contributed by atoms with Crippen molar-refractivity contribution < 1.29 is 0 Å². The van der Waals surface area contributed by atoms with Gasteiger partial charge in [0.25, 0.3) is 0 Å². The first-order valence-electron chi connectivity index (χ1n) is 21.0. The second-order valence-corrected chi connectivity index (χ2v) is 15.7. The minimum atomic E-state index is 1.08.